The van der Waals surface area contributed by atoms with Crippen LogP contribution in [-0.4, -0.2) is 56.6 Å². The zero-order chi connectivity index (χ0) is 20.9. The Kier molecular flexibility index (Phi) is 6.42. The first-order chi connectivity index (χ1) is 14.7. The third-order valence-electron chi connectivity index (χ3n) is 5.65. The number of nitrogen functional groups attached to an aromatic ring is 1. The first-order valence-electron chi connectivity index (χ1n) is 10.9. The van der Waals surface area contributed by atoms with Crippen LogP contribution in [0.3, 0.4) is 0 Å². The largest absolute Gasteiger partial charge is 0.382 e. The van der Waals surface area contributed by atoms with Crippen LogP contribution in [0.5, 0.6) is 0 Å². The van der Waals surface area contributed by atoms with Crippen LogP contribution in [0.2, 0.25) is 0 Å². The summed E-state index contributed by atoms with van der Waals surface area (Å²) in [6.07, 6.45) is 7.16. The summed E-state index contributed by atoms with van der Waals surface area (Å²) in [7, 11) is 0. The number of hydrogen-bond acceptors (Lipinski definition) is 6. The van der Waals surface area contributed by atoms with Gasteiger partial charge < -0.3 is 19.9 Å². The summed E-state index contributed by atoms with van der Waals surface area (Å²) >= 11 is 0. The number of carbonyl (C=O) groups is 1. The van der Waals surface area contributed by atoms with Crippen LogP contribution in [0.15, 0.2) is 18.3 Å². The molecule has 0 bridgehead atoms. The van der Waals surface area contributed by atoms with E-state index in [9.17, 15) is 4.79 Å². The van der Waals surface area contributed by atoms with Crippen molar-refractivity contribution in [2.24, 2.45) is 0 Å². The molecule has 8 heteroatoms. The van der Waals surface area contributed by atoms with Crippen molar-refractivity contribution in [1.82, 2.24) is 24.4 Å². The van der Waals surface area contributed by atoms with Crippen LogP contribution >= 0.6 is 0 Å². The van der Waals surface area contributed by atoms with E-state index in [4.69, 9.17) is 15.5 Å². The molecular formula is C22H30N6O2. The number of fused-ring (bicyclic) bond motifs is 3. The van der Waals surface area contributed by atoms with Gasteiger partial charge in [0.2, 0.25) is 5.91 Å². The van der Waals surface area contributed by atoms with Gasteiger partial charge in [-0.2, -0.15) is 0 Å². The predicted octanol–water partition coefficient (Wildman–Crippen LogP) is 2.93. The van der Waals surface area contributed by atoms with Crippen LogP contribution in [0.25, 0.3) is 22.1 Å². The van der Waals surface area contributed by atoms with Gasteiger partial charge in [-0.3, -0.25) is 9.78 Å². The molecule has 0 radical (unpaired) electrons. The van der Waals surface area contributed by atoms with Gasteiger partial charge in [-0.1, -0.05) is 13.3 Å². The number of amides is 1. The number of nitrogens with two attached hydrogens (primary N) is 1. The maximum atomic E-state index is 12.3. The molecule has 1 aliphatic rings. The molecule has 0 unspecified atom stereocenters. The molecule has 4 rings (SSSR count). The first-order valence-corrected chi connectivity index (χ1v) is 10.9. The van der Waals surface area contributed by atoms with Crippen LogP contribution in [0.4, 0.5) is 5.82 Å². The second-order valence-electron chi connectivity index (χ2n) is 7.80. The minimum atomic E-state index is 0.243. The Labute approximate surface area is 176 Å². The molecule has 1 amide bonds. The van der Waals surface area contributed by atoms with Crippen molar-refractivity contribution in [3.63, 3.8) is 0 Å². The number of rotatable bonds is 8. The van der Waals surface area contributed by atoms with E-state index in [1.165, 1.54) is 0 Å². The molecule has 1 saturated heterocycles. The number of hydrogen-bond donors (Lipinski definition) is 1. The molecule has 1 aliphatic heterocycles. The lowest BCUT2D eigenvalue weighted by Crippen LogP contribution is -2.40. The molecular weight excluding hydrogens is 380 g/mol. The van der Waals surface area contributed by atoms with Gasteiger partial charge in [0.1, 0.15) is 22.4 Å². The molecule has 0 atom stereocenters. The van der Waals surface area contributed by atoms with Gasteiger partial charge in [0.25, 0.3) is 0 Å². The predicted molar refractivity (Wildman–Crippen MR) is 117 cm³/mol. The van der Waals surface area contributed by atoms with Gasteiger partial charge in [0.15, 0.2) is 5.82 Å². The molecule has 3 aromatic heterocycles. The van der Waals surface area contributed by atoms with Gasteiger partial charge >= 0.3 is 0 Å². The van der Waals surface area contributed by atoms with Gasteiger partial charge in [-0.25, -0.2) is 9.97 Å². The summed E-state index contributed by atoms with van der Waals surface area (Å²) in [5.74, 6) is 1.73. The number of unbranched alkanes of at least 4 members (excludes halogenated alkanes) is 2. The van der Waals surface area contributed by atoms with Crippen LogP contribution in [0.1, 0.15) is 44.9 Å². The SMILES string of the molecule is CCCc1nc2c(N)nc3cccnc3c2n1CCCCCC(=O)N1CCOCC1. The molecule has 3 aromatic rings. The van der Waals surface area contributed by atoms with Crippen molar-refractivity contribution in [1.29, 1.82) is 0 Å². The lowest BCUT2D eigenvalue weighted by Gasteiger charge is -2.26. The number of nitrogens with zero attached hydrogens (tertiary/aromatic N) is 5. The van der Waals surface area contributed by atoms with E-state index in [1.54, 1.807) is 6.20 Å². The van der Waals surface area contributed by atoms with Gasteiger partial charge in [-0.05, 0) is 31.4 Å². The van der Waals surface area contributed by atoms with E-state index < -0.39 is 0 Å². The second kappa shape index (κ2) is 9.38. The number of anilines is 1. The number of aryl methyl sites for hydroxylation is 2. The van der Waals surface area contributed by atoms with E-state index in [0.29, 0.717) is 25.5 Å². The topological polar surface area (TPSA) is 99.2 Å². The zero-order valence-electron chi connectivity index (χ0n) is 17.6. The number of imidazole rings is 1. The highest BCUT2D eigenvalue weighted by atomic mass is 16.5. The van der Waals surface area contributed by atoms with E-state index in [2.05, 4.69) is 21.5 Å². The van der Waals surface area contributed by atoms with Crippen molar-refractivity contribution in [3.8, 4) is 0 Å². The van der Waals surface area contributed by atoms with Gasteiger partial charge in [0.05, 0.1) is 18.7 Å². The lowest BCUT2D eigenvalue weighted by atomic mass is 10.1. The lowest BCUT2D eigenvalue weighted by molar-refractivity contribution is -0.135. The molecule has 0 aromatic carbocycles. The highest BCUT2D eigenvalue weighted by molar-refractivity contribution is 6.04. The van der Waals surface area contributed by atoms with Crippen LogP contribution in [0, 0.1) is 0 Å². The Balaban J connectivity index is 1.46. The fourth-order valence-corrected chi connectivity index (χ4v) is 4.12. The standard InChI is InChI=1S/C22H30N6O2/c1-2-7-17-26-20-21(19-16(25-22(20)23)8-6-10-24-19)28(17)11-5-3-4-9-18(29)27-12-14-30-15-13-27/h6,8,10H,2-5,7,9,11-15H2,1H3,(H2,23,25). The molecule has 4 heterocycles. The van der Waals surface area contributed by atoms with Crippen molar-refractivity contribution >= 4 is 33.8 Å². The number of morpholine rings is 1. The fraction of sp³-hybridized carbons (Fsp3) is 0.545. The maximum Gasteiger partial charge on any atom is 0.222 e. The summed E-state index contributed by atoms with van der Waals surface area (Å²) < 4.78 is 7.58. The van der Waals surface area contributed by atoms with E-state index in [1.807, 2.05) is 17.0 Å². The second-order valence-corrected chi connectivity index (χ2v) is 7.80. The quantitative estimate of drug-likeness (QED) is 0.573. The summed E-state index contributed by atoms with van der Waals surface area (Å²) in [6.45, 7) is 5.73. The van der Waals surface area contributed by atoms with E-state index >= 15 is 0 Å². The van der Waals surface area contributed by atoms with Crippen molar-refractivity contribution in [2.75, 3.05) is 32.0 Å². The summed E-state index contributed by atoms with van der Waals surface area (Å²) in [5.41, 5.74) is 9.58. The molecule has 2 N–H and O–H groups in total. The highest BCUT2D eigenvalue weighted by Crippen LogP contribution is 2.28. The number of pyridine rings is 2. The Hall–Kier alpha value is -2.74. The molecule has 0 spiro atoms. The van der Waals surface area contributed by atoms with Gasteiger partial charge in [-0.15, -0.1) is 0 Å². The smallest absolute Gasteiger partial charge is 0.222 e. The minimum absolute atomic E-state index is 0.243. The normalized spacial score (nSPS) is 14.6. The zero-order valence-corrected chi connectivity index (χ0v) is 17.6. The van der Waals surface area contributed by atoms with Crippen molar-refractivity contribution in [2.45, 2.75) is 52.0 Å². The Morgan fingerprint density at radius 1 is 1.17 bits per heavy atom. The number of carbonyl (C=O) groups excluding carboxylic acids is 1. The Morgan fingerprint density at radius 2 is 2.00 bits per heavy atom. The summed E-state index contributed by atoms with van der Waals surface area (Å²) in [5, 5.41) is 0. The fourth-order valence-electron chi connectivity index (χ4n) is 4.12. The summed E-state index contributed by atoms with van der Waals surface area (Å²) in [4.78, 5) is 28.1. The third kappa shape index (κ3) is 4.23. The minimum Gasteiger partial charge on any atom is -0.382 e. The number of aromatic nitrogens is 4. The molecule has 0 saturated carbocycles. The van der Waals surface area contributed by atoms with Crippen LogP contribution < -0.4 is 5.73 Å². The highest BCUT2D eigenvalue weighted by Gasteiger charge is 2.18. The first kappa shape index (κ1) is 20.5. The average molecular weight is 411 g/mol. The average Bonchev–Trinajstić information content (AvgIpc) is 3.13. The Morgan fingerprint density at radius 3 is 2.80 bits per heavy atom. The number of ether oxygens (including phenoxy) is 1. The van der Waals surface area contributed by atoms with Crippen molar-refractivity contribution < 1.29 is 9.53 Å². The van der Waals surface area contributed by atoms with Crippen molar-refractivity contribution in [3.05, 3.63) is 24.2 Å². The Bertz CT molecular complexity index is 1030. The summed E-state index contributed by atoms with van der Waals surface area (Å²) in [6, 6.07) is 3.81. The van der Waals surface area contributed by atoms with E-state index in [0.717, 1.165) is 79.6 Å². The molecule has 30 heavy (non-hydrogen) atoms. The monoisotopic (exact) mass is 410 g/mol. The third-order valence-corrected chi connectivity index (χ3v) is 5.65. The van der Waals surface area contributed by atoms with E-state index in [-0.39, 0.29) is 5.91 Å². The molecule has 160 valence electrons. The van der Waals surface area contributed by atoms with Crippen LogP contribution in [-0.2, 0) is 22.5 Å². The maximum absolute atomic E-state index is 12.3. The van der Waals surface area contributed by atoms with Gasteiger partial charge in [0, 0.05) is 38.7 Å². The molecule has 8 nitrogen and oxygen atoms in total. The molecule has 0 aliphatic carbocycles. The molecule has 1 fully saturated rings.